The Balaban J connectivity index is 1.67. The van der Waals surface area contributed by atoms with Crippen molar-refractivity contribution in [1.82, 2.24) is 0 Å². The normalized spacial score (nSPS) is 13.9. The third-order valence-electron chi connectivity index (χ3n) is 9.43. The predicted molar refractivity (Wildman–Crippen MR) is 213 cm³/mol. The van der Waals surface area contributed by atoms with Crippen LogP contribution in [0.5, 0.6) is 11.5 Å². The monoisotopic (exact) mass is 651 g/mol. The molecule has 2 N–H and O–H groups in total. The standard InChI is InChI=1S/C46H66O2/c1-34(2)18-12-19-35(3)20-13-21-36(4)22-14-23-37(5)24-15-25-38(6)26-16-27-39(7)28-17-29-40(8)32-33-42-41(9)45(47)43-30-10-11-31-44(43)46(42)48/h10-11,18,20,22,24,26,28,30-32,47-48H,12-17,19,21,23,25,27,29,33H2,1-9H3/b35-20?,36-22?,37-24?,38-26?,39-28?,40-32+. The minimum atomic E-state index is 0.267. The number of hydrogen-bond acceptors (Lipinski definition) is 2. The zero-order chi connectivity index (χ0) is 35.5. The third-order valence-corrected chi connectivity index (χ3v) is 9.43. The maximum Gasteiger partial charge on any atom is 0.127 e. The second-order valence-corrected chi connectivity index (χ2v) is 14.4. The van der Waals surface area contributed by atoms with Crippen molar-refractivity contribution in [3.63, 3.8) is 0 Å². The van der Waals surface area contributed by atoms with E-state index in [0.717, 1.165) is 75.3 Å². The van der Waals surface area contributed by atoms with E-state index in [-0.39, 0.29) is 11.5 Å². The molecule has 2 aromatic carbocycles. The molecule has 0 aromatic heterocycles. The summed E-state index contributed by atoms with van der Waals surface area (Å²) in [5, 5.41) is 22.9. The van der Waals surface area contributed by atoms with E-state index in [1.807, 2.05) is 31.2 Å². The lowest BCUT2D eigenvalue weighted by atomic mass is 9.95. The Morgan fingerprint density at radius 2 is 0.771 bits per heavy atom. The van der Waals surface area contributed by atoms with Crippen molar-refractivity contribution in [2.24, 2.45) is 0 Å². The van der Waals surface area contributed by atoms with Crippen LogP contribution in [-0.4, -0.2) is 10.2 Å². The van der Waals surface area contributed by atoms with Gasteiger partial charge in [0.25, 0.3) is 0 Å². The summed E-state index contributed by atoms with van der Waals surface area (Å²) in [6.07, 6.45) is 30.7. The molecule has 262 valence electrons. The van der Waals surface area contributed by atoms with Crippen molar-refractivity contribution in [3.05, 3.63) is 117 Å². The number of fused-ring (bicyclic) bond motifs is 1. The summed E-state index contributed by atoms with van der Waals surface area (Å²) in [4.78, 5) is 0. The van der Waals surface area contributed by atoms with Gasteiger partial charge in [-0.1, -0.05) is 106 Å². The lowest BCUT2D eigenvalue weighted by molar-refractivity contribution is 0.461. The average Bonchev–Trinajstić information content (AvgIpc) is 3.03. The van der Waals surface area contributed by atoms with Gasteiger partial charge in [0.2, 0.25) is 0 Å². The Bertz CT molecular complexity index is 1530. The molecule has 0 aliphatic heterocycles. The molecular weight excluding hydrogens is 585 g/mol. The van der Waals surface area contributed by atoms with Gasteiger partial charge in [-0.3, -0.25) is 0 Å². The van der Waals surface area contributed by atoms with E-state index in [1.54, 1.807) is 0 Å². The molecule has 0 radical (unpaired) electrons. The lowest BCUT2D eigenvalue weighted by Gasteiger charge is -2.13. The van der Waals surface area contributed by atoms with E-state index in [0.29, 0.717) is 17.2 Å². The Morgan fingerprint density at radius 3 is 1.12 bits per heavy atom. The van der Waals surface area contributed by atoms with Crippen LogP contribution in [0.4, 0.5) is 0 Å². The summed E-state index contributed by atoms with van der Waals surface area (Å²) in [5.41, 5.74) is 11.8. The van der Waals surface area contributed by atoms with Gasteiger partial charge in [0.15, 0.2) is 0 Å². The molecule has 2 heteroatoms. The van der Waals surface area contributed by atoms with Crippen LogP contribution in [0, 0.1) is 6.92 Å². The zero-order valence-electron chi connectivity index (χ0n) is 31.9. The van der Waals surface area contributed by atoms with Crippen molar-refractivity contribution >= 4 is 10.8 Å². The number of allylic oxidation sites excluding steroid dienone is 14. The van der Waals surface area contributed by atoms with Crippen LogP contribution in [0.1, 0.15) is 144 Å². The topological polar surface area (TPSA) is 40.5 Å². The van der Waals surface area contributed by atoms with Crippen LogP contribution < -0.4 is 0 Å². The first-order valence-electron chi connectivity index (χ1n) is 18.4. The average molecular weight is 651 g/mol. The number of aromatic hydroxyl groups is 2. The first-order chi connectivity index (χ1) is 22.9. The highest BCUT2D eigenvalue weighted by atomic mass is 16.3. The molecule has 0 fully saturated rings. The van der Waals surface area contributed by atoms with E-state index in [4.69, 9.17) is 0 Å². The molecule has 0 aliphatic rings. The lowest BCUT2D eigenvalue weighted by Crippen LogP contribution is -1.92. The molecule has 2 nitrogen and oxygen atoms in total. The van der Waals surface area contributed by atoms with E-state index in [9.17, 15) is 10.2 Å². The summed E-state index contributed by atoms with van der Waals surface area (Å²) < 4.78 is 0. The second kappa shape index (κ2) is 22.2. The van der Waals surface area contributed by atoms with Crippen molar-refractivity contribution in [1.29, 1.82) is 0 Å². The van der Waals surface area contributed by atoms with Crippen molar-refractivity contribution in [2.75, 3.05) is 0 Å². The molecule has 0 unspecified atom stereocenters. The highest BCUT2D eigenvalue weighted by Crippen LogP contribution is 2.39. The Morgan fingerprint density at radius 1 is 0.458 bits per heavy atom. The number of benzene rings is 2. The quantitative estimate of drug-likeness (QED) is 0.111. The van der Waals surface area contributed by atoms with E-state index in [1.165, 1.54) is 51.9 Å². The van der Waals surface area contributed by atoms with Gasteiger partial charge < -0.3 is 10.2 Å². The van der Waals surface area contributed by atoms with Crippen molar-refractivity contribution in [2.45, 2.75) is 146 Å². The molecular formula is C46H66O2. The van der Waals surface area contributed by atoms with Gasteiger partial charge in [-0.15, -0.1) is 0 Å². The van der Waals surface area contributed by atoms with Crippen molar-refractivity contribution < 1.29 is 10.2 Å². The fourth-order valence-electron chi connectivity index (χ4n) is 6.04. The molecule has 0 saturated heterocycles. The third kappa shape index (κ3) is 15.6. The highest BCUT2D eigenvalue weighted by Gasteiger charge is 2.14. The smallest absolute Gasteiger partial charge is 0.127 e. The highest BCUT2D eigenvalue weighted by molar-refractivity contribution is 5.95. The molecule has 2 aromatic rings. The largest absolute Gasteiger partial charge is 0.507 e. The SMILES string of the molecule is CC(C)=CCCC(C)=CCCC(C)=CCCC(C)=CCCC(C)=CCCC(C)=CCC/C(C)=C/Cc1c(C)c(O)c2ccccc2c1O. The number of rotatable bonds is 20. The first kappa shape index (κ1) is 40.7. The predicted octanol–water partition coefficient (Wildman–Crippen LogP) is 14.4. The molecule has 2 rings (SSSR count). The van der Waals surface area contributed by atoms with Gasteiger partial charge >= 0.3 is 0 Å². The number of hydrogen-bond donors (Lipinski definition) is 2. The molecule has 48 heavy (non-hydrogen) atoms. The van der Waals surface area contributed by atoms with E-state index >= 15 is 0 Å². The molecule has 0 heterocycles. The van der Waals surface area contributed by atoms with Gasteiger partial charge in [-0.05, 0) is 151 Å². The maximum absolute atomic E-state index is 10.9. The molecule has 0 amide bonds. The van der Waals surface area contributed by atoms with Crippen molar-refractivity contribution in [3.8, 4) is 11.5 Å². The molecule has 0 bridgehead atoms. The van der Waals surface area contributed by atoms with Crippen LogP contribution in [0.15, 0.2) is 106 Å². The van der Waals surface area contributed by atoms with Crippen LogP contribution in [0.2, 0.25) is 0 Å². The Hall–Kier alpha value is -3.52. The minimum absolute atomic E-state index is 0.267. The Kier molecular flexibility index (Phi) is 18.8. The van der Waals surface area contributed by atoms with Crippen LogP contribution >= 0.6 is 0 Å². The maximum atomic E-state index is 10.9. The van der Waals surface area contributed by atoms with Gasteiger partial charge in [0.1, 0.15) is 11.5 Å². The van der Waals surface area contributed by atoms with Gasteiger partial charge in [0.05, 0.1) is 0 Å². The van der Waals surface area contributed by atoms with Gasteiger partial charge in [-0.2, -0.15) is 0 Å². The molecule has 0 spiro atoms. The van der Waals surface area contributed by atoms with Gasteiger partial charge in [-0.25, -0.2) is 0 Å². The number of phenolic OH excluding ortho intramolecular Hbond substituents is 2. The summed E-state index contributed by atoms with van der Waals surface area (Å²) in [6, 6.07) is 7.49. The number of phenols is 2. The fourth-order valence-corrected chi connectivity index (χ4v) is 6.04. The van der Waals surface area contributed by atoms with Crippen LogP contribution in [0.25, 0.3) is 10.8 Å². The van der Waals surface area contributed by atoms with Gasteiger partial charge in [0, 0.05) is 16.3 Å². The van der Waals surface area contributed by atoms with Crippen LogP contribution in [0.3, 0.4) is 0 Å². The fraction of sp³-hybridized carbons (Fsp3) is 0.478. The van der Waals surface area contributed by atoms with E-state index in [2.05, 4.69) is 97.9 Å². The summed E-state index contributed by atoms with van der Waals surface area (Å²) in [5.74, 6) is 0.549. The molecule has 0 saturated carbocycles. The zero-order valence-corrected chi connectivity index (χ0v) is 31.9. The summed E-state index contributed by atoms with van der Waals surface area (Å²) in [6.45, 7) is 19.7. The van der Waals surface area contributed by atoms with E-state index < -0.39 is 0 Å². The first-order valence-corrected chi connectivity index (χ1v) is 18.4. The van der Waals surface area contributed by atoms with Crippen LogP contribution in [-0.2, 0) is 6.42 Å². The molecule has 0 aliphatic carbocycles. The summed E-state index contributed by atoms with van der Waals surface area (Å²) >= 11 is 0. The Labute approximate surface area is 294 Å². The molecule has 0 atom stereocenters. The second-order valence-electron chi connectivity index (χ2n) is 14.4. The minimum Gasteiger partial charge on any atom is -0.507 e. The summed E-state index contributed by atoms with van der Waals surface area (Å²) in [7, 11) is 0.